The van der Waals surface area contributed by atoms with Gasteiger partial charge in [-0.05, 0) is 37.8 Å². The first-order valence-electron chi connectivity index (χ1n) is 27.1. The van der Waals surface area contributed by atoms with Crippen LogP contribution in [0.25, 0.3) is 0 Å². The van der Waals surface area contributed by atoms with Crippen LogP contribution in [0.15, 0.2) is 48.5 Å². The van der Waals surface area contributed by atoms with Crippen LogP contribution in [-0.2, 0) is 12.8 Å². The Morgan fingerprint density at radius 1 is 0.244 bits per heavy atom. The Hall–Kier alpha value is -5.29. The molecule has 6 aromatic rings. The Labute approximate surface area is 473 Å². The molecule has 0 nitrogen and oxygen atoms in total. The summed E-state index contributed by atoms with van der Waals surface area (Å²) in [6.07, 6.45) is 23.7. The van der Waals surface area contributed by atoms with Gasteiger partial charge in [-0.25, -0.2) is 87.8 Å². The predicted octanol–water partition coefficient (Wildman–Crippen LogP) is 14.6. The molecule has 0 aliphatic carbocycles. The maximum absolute atomic E-state index is 15.4. The lowest BCUT2D eigenvalue weighted by Crippen LogP contribution is -3.62. The van der Waals surface area contributed by atoms with Crippen LogP contribution in [0.4, 0.5) is 87.8 Å². The van der Waals surface area contributed by atoms with Crippen molar-refractivity contribution in [2.24, 2.45) is 0 Å². The topological polar surface area (TPSA) is 0 Å². The molecule has 22 heteroatoms. The van der Waals surface area contributed by atoms with Crippen LogP contribution in [0.3, 0.4) is 0 Å². The van der Waals surface area contributed by atoms with E-state index in [1.807, 2.05) is 0 Å². The fraction of sp³-hybridized carbons (Fsp3) is 0.400. The zero-order valence-corrected chi connectivity index (χ0v) is 46.8. The number of unbranched alkanes of at least 4 members (excludes halogenated alkanes) is 18. The molecule has 0 amide bonds. The zero-order valence-electron chi connectivity index (χ0n) is 44.7. The Balaban J connectivity index is 0.000000307. The van der Waals surface area contributed by atoms with Crippen molar-refractivity contribution in [3.63, 3.8) is 0 Å². The minimum absolute atomic E-state index is 0.0947. The number of hydrogen-bond acceptors (Lipinski definition) is 0. The molecule has 448 valence electrons. The molecule has 0 aliphatic rings. The van der Waals surface area contributed by atoms with Gasteiger partial charge in [-0.1, -0.05) is 166 Å². The van der Waals surface area contributed by atoms with Crippen molar-refractivity contribution < 1.29 is 109 Å². The molecule has 0 aliphatic heterocycles. The number of halogens is 21. The third-order valence-electron chi connectivity index (χ3n) is 14.4. The van der Waals surface area contributed by atoms with E-state index in [4.69, 9.17) is 0 Å². The molecule has 0 radical (unpaired) electrons. The van der Waals surface area contributed by atoms with Gasteiger partial charge in [-0.15, -0.1) is 21.9 Å². The van der Waals surface area contributed by atoms with Gasteiger partial charge in [0.1, 0.15) is 52.7 Å². The van der Waals surface area contributed by atoms with Crippen molar-refractivity contribution >= 4 is 28.0 Å². The second-order valence-corrected chi connectivity index (χ2v) is 22.8. The molecule has 0 aromatic heterocycles. The van der Waals surface area contributed by atoms with Crippen LogP contribution < -0.4 is 43.1 Å². The van der Waals surface area contributed by atoms with E-state index in [0.717, 1.165) is 0 Å². The van der Waals surface area contributed by atoms with Crippen molar-refractivity contribution in [3.05, 3.63) is 183 Å². The molecular formula is C60H58BF20I. The standard InChI is InChI=1S/C36H58I.C24BF20/c1-3-5-7-9-11-13-15-17-19-21-27-33-29-23-25-31-35(33)37-36-32-26-24-30-34(36)28-22-20-18-16-14-12-10-8-6-4-2;26-5-1(6(27)14(35)21(42)13(5)34)25(2-7(28)15(36)22(43)16(37)8(2)29,3-9(30)17(38)23(44)18(39)10(3)31)4-11(32)19(40)24(45)20(41)12(4)33/h23-26,29-32H,3-22,27-28H2,1-2H3;/q+1;-1. The first-order valence-corrected chi connectivity index (χ1v) is 29.2. The molecule has 6 rings (SSSR count). The highest BCUT2D eigenvalue weighted by Crippen LogP contribution is 2.31. The Kier molecular flexibility index (Phi) is 26.0. The molecule has 0 bridgehead atoms. The van der Waals surface area contributed by atoms with Crippen molar-refractivity contribution in [2.45, 2.75) is 155 Å². The van der Waals surface area contributed by atoms with Crippen molar-refractivity contribution in [1.29, 1.82) is 0 Å². The average molecular weight is 1300 g/mol. The van der Waals surface area contributed by atoms with Gasteiger partial charge in [0, 0.05) is 11.1 Å². The Morgan fingerprint density at radius 3 is 0.646 bits per heavy atom. The summed E-state index contributed by atoms with van der Waals surface area (Å²) in [6, 6.07) is 18.7. The predicted molar refractivity (Wildman–Crippen MR) is 271 cm³/mol. The zero-order chi connectivity index (χ0) is 60.6. The fourth-order valence-electron chi connectivity index (χ4n) is 10.2. The first-order chi connectivity index (χ1) is 39.0. The highest BCUT2D eigenvalue weighted by molar-refractivity contribution is 7.20. The molecular weight excluding hydrogens is 1240 g/mol. The molecule has 0 fully saturated rings. The summed E-state index contributed by atoms with van der Waals surface area (Å²) in [6.45, 7) is 4.61. The van der Waals surface area contributed by atoms with Crippen LogP contribution in [0, 0.1) is 123 Å². The van der Waals surface area contributed by atoms with Crippen LogP contribution >= 0.6 is 0 Å². The summed E-state index contributed by atoms with van der Waals surface area (Å²) in [5.74, 6) is -71.4. The summed E-state index contributed by atoms with van der Waals surface area (Å²) in [7, 11) is 0. The maximum atomic E-state index is 15.4. The van der Waals surface area contributed by atoms with E-state index in [9.17, 15) is 52.7 Å². The third kappa shape index (κ3) is 15.0. The van der Waals surface area contributed by atoms with Gasteiger partial charge in [0.15, 0.2) is 76.9 Å². The van der Waals surface area contributed by atoms with E-state index in [-0.39, 0.29) is 21.2 Å². The maximum Gasteiger partial charge on any atom is 0.358 e. The van der Waals surface area contributed by atoms with Crippen molar-refractivity contribution in [1.82, 2.24) is 0 Å². The number of hydrogen-bond donors (Lipinski definition) is 0. The van der Waals surface area contributed by atoms with Gasteiger partial charge in [-0.3, -0.25) is 0 Å². The minimum Gasteiger partial charge on any atom is -0.207 e. The first kappa shape index (κ1) is 67.5. The Morgan fingerprint density at radius 2 is 0.427 bits per heavy atom. The van der Waals surface area contributed by atoms with Crippen molar-refractivity contribution in [2.75, 3.05) is 0 Å². The molecule has 0 saturated heterocycles. The summed E-state index contributed by atoms with van der Waals surface area (Å²) >= 11 is -0.0947. The van der Waals surface area contributed by atoms with Crippen LogP contribution in [0.5, 0.6) is 0 Å². The third-order valence-corrected chi connectivity index (χ3v) is 17.7. The van der Waals surface area contributed by atoms with Crippen molar-refractivity contribution in [3.8, 4) is 0 Å². The van der Waals surface area contributed by atoms with E-state index in [0.29, 0.717) is 0 Å². The van der Waals surface area contributed by atoms with E-state index in [1.165, 1.54) is 141 Å². The smallest absolute Gasteiger partial charge is 0.207 e. The van der Waals surface area contributed by atoms with Crippen LogP contribution in [-0.4, -0.2) is 6.15 Å². The SMILES string of the molecule is CCCCCCCCCCCCc1ccccc1[I+]c1ccccc1CCCCCCCCCCCC.Fc1c(F)c(F)c([B-](c2c(F)c(F)c(F)c(F)c2F)(c2c(F)c(F)c(F)c(F)c2F)c2c(F)c(F)c(F)c(F)c2F)c(F)c1F. The summed E-state index contributed by atoms with van der Waals surface area (Å²) < 4.78 is 297. The number of rotatable bonds is 28. The number of aryl methyl sites for hydroxylation is 2. The van der Waals surface area contributed by atoms with Crippen LogP contribution in [0.1, 0.15) is 153 Å². The quantitative estimate of drug-likeness (QED) is 0.0115. The Bertz CT molecular complexity index is 2680. The van der Waals surface area contributed by atoms with Gasteiger partial charge in [0.05, 0.1) is 0 Å². The fourth-order valence-corrected chi connectivity index (χ4v) is 13.2. The van der Waals surface area contributed by atoms with Gasteiger partial charge in [0.2, 0.25) is 0 Å². The molecule has 82 heavy (non-hydrogen) atoms. The highest BCUT2D eigenvalue weighted by atomic mass is 127. The summed E-state index contributed by atoms with van der Waals surface area (Å²) in [5, 5.41) is 0. The average Bonchev–Trinajstić information content (AvgIpc) is 2.05. The molecule has 0 atom stereocenters. The molecule has 0 heterocycles. The van der Waals surface area contributed by atoms with E-state index >= 15 is 35.1 Å². The van der Waals surface area contributed by atoms with Gasteiger partial charge < -0.3 is 0 Å². The van der Waals surface area contributed by atoms with E-state index in [2.05, 4.69) is 62.4 Å². The molecule has 6 aromatic carbocycles. The van der Waals surface area contributed by atoms with Gasteiger partial charge in [0.25, 0.3) is 0 Å². The lowest BCUT2D eigenvalue weighted by molar-refractivity contribution is -0.599. The molecule has 0 unspecified atom stereocenters. The largest absolute Gasteiger partial charge is 0.358 e. The van der Waals surface area contributed by atoms with Crippen LogP contribution in [0.2, 0.25) is 0 Å². The van der Waals surface area contributed by atoms with Gasteiger partial charge in [-0.2, -0.15) is 0 Å². The second-order valence-electron chi connectivity index (χ2n) is 19.9. The summed E-state index contributed by atoms with van der Waals surface area (Å²) in [5.41, 5.74) is -11.1. The number of benzene rings is 6. The lowest BCUT2D eigenvalue weighted by atomic mass is 9.12. The normalized spacial score (nSPS) is 11.7. The minimum atomic E-state index is -7.22. The molecule has 0 saturated carbocycles. The monoisotopic (exact) mass is 1300 g/mol. The van der Waals surface area contributed by atoms with E-state index in [1.54, 1.807) is 18.3 Å². The highest BCUT2D eigenvalue weighted by Gasteiger charge is 2.52. The van der Waals surface area contributed by atoms with E-state index < -0.39 is 144 Å². The second kappa shape index (κ2) is 31.6. The molecule has 0 N–H and O–H groups in total. The lowest BCUT2D eigenvalue weighted by Gasteiger charge is -2.44. The summed E-state index contributed by atoms with van der Waals surface area (Å²) in [4.78, 5) is 0. The molecule has 0 spiro atoms. The van der Waals surface area contributed by atoms with Gasteiger partial charge >= 0.3 is 21.2 Å².